The van der Waals surface area contributed by atoms with Gasteiger partial charge in [-0.2, -0.15) is 4.98 Å². The Morgan fingerprint density at radius 3 is 2.81 bits per heavy atom. The van der Waals surface area contributed by atoms with Gasteiger partial charge in [0.2, 0.25) is 5.95 Å². The highest BCUT2D eigenvalue weighted by atomic mass is 32.1. The van der Waals surface area contributed by atoms with E-state index in [1.807, 2.05) is 6.92 Å². The second kappa shape index (κ2) is 5.75. The molecule has 21 heavy (non-hydrogen) atoms. The zero-order chi connectivity index (χ0) is 14.9. The Labute approximate surface area is 127 Å². The van der Waals surface area contributed by atoms with Crippen molar-refractivity contribution in [1.82, 2.24) is 9.97 Å². The van der Waals surface area contributed by atoms with Gasteiger partial charge in [-0.3, -0.25) is 5.43 Å². The summed E-state index contributed by atoms with van der Waals surface area (Å²) in [5, 5.41) is 14.9. The van der Waals surface area contributed by atoms with Crippen LogP contribution in [0.4, 0.5) is 11.8 Å². The van der Waals surface area contributed by atoms with Crippen molar-refractivity contribution in [3.05, 3.63) is 10.9 Å². The van der Waals surface area contributed by atoms with Gasteiger partial charge in [0, 0.05) is 11.4 Å². The first-order valence-corrected chi connectivity index (χ1v) is 8.12. The molecule has 1 aliphatic rings. The van der Waals surface area contributed by atoms with Crippen molar-refractivity contribution in [2.45, 2.75) is 44.6 Å². The molecular weight excluding hydrogens is 286 g/mol. The fourth-order valence-electron chi connectivity index (χ4n) is 2.88. The Morgan fingerprint density at radius 2 is 2.10 bits per heavy atom. The summed E-state index contributed by atoms with van der Waals surface area (Å²) in [5.74, 6) is 6.56. The van der Waals surface area contributed by atoms with Crippen LogP contribution < -0.4 is 16.6 Å². The normalized spacial score (nSPS) is 17.9. The molecule has 0 spiro atoms. The predicted molar refractivity (Wildman–Crippen MR) is 86.5 cm³/mol. The Morgan fingerprint density at radius 1 is 1.33 bits per heavy atom. The summed E-state index contributed by atoms with van der Waals surface area (Å²) in [5.41, 5.74) is 1.87. The number of aromatic nitrogens is 2. The zero-order valence-electron chi connectivity index (χ0n) is 12.1. The zero-order valence-corrected chi connectivity index (χ0v) is 13.0. The number of nitrogens with two attached hydrogens (primary N) is 1. The van der Waals surface area contributed by atoms with Crippen LogP contribution >= 0.6 is 11.3 Å². The molecule has 1 saturated carbocycles. The number of thiophene rings is 1. The molecule has 7 heteroatoms. The van der Waals surface area contributed by atoms with Gasteiger partial charge >= 0.3 is 0 Å². The van der Waals surface area contributed by atoms with Gasteiger partial charge in [-0.15, -0.1) is 11.3 Å². The number of nitrogens with one attached hydrogen (secondary N) is 2. The van der Waals surface area contributed by atoms with Crippen LogP contribution in [-0.2, 0) is 0 Å². The summed E-state index contributed by atoms with van der Waals surface area (Å²) >= 11 is 1.61. The summed E-state index contributed by atoms with van der Waals surface area (Å²) in [6.45, 7) is 2.55. The number of nitrogens with zero attached hydrogens (tertiary/aromatic N) is 2. The number of hydrazine groups is 1. The Bertz CT molecular complexity index is 636. The molecule has 0 radical (unpaired) electrons. The third-order valence-electron chi connectivity index (χ3n) is 4.01. The number of rotatable bonds is 4. The minimum Gasteiger partial charge on any atom is -0.388 e. The summed E-state index contributed by atoms with van der Waals surface area (Å²) in [6, 6.07) is 2.06. The van der Waals surface area contributed by atoms with Crippen molar-refractivity contribution in [2.75, 3.05) is 17.3 Å². The van der Waals surface area contributed by atoms with Crippen molar-refractivity contribution in [3.63, 3.8) is 0 Å². The maximum atomic E-state index is 10.6. The van der Waals surface area contributed by atoms with E-state index in [4.69, 9.17) is 5.84 Å². The molecule has 6 nitrogen and oxygen atoms in total. The van der Waals surface area contributed by atoms with E-state index in [0.29, 0.717) is 12.5 Å². The fourth-order valence-corrected chi connectivity index (χ4v) is 3.76. The van der Waals surface area contributed by atoms with Crippen molar-refractivity contribution in [3.8, 4) is 0 Å². The van der Waals surface area contributed by atoms with Gasteiger partial charge in [0.05, 0.1) is 11.0 Å². The third-order valence-corrected chi connectivity index (χ3v) is 4.96. The average Bonchev–Trinajstić information content (AvgIpc) is 2.85. The van der Waals surface area contributed by atoms with Crippen LogP contribution in [0.5, 0.6) is 0 Å². The molecule has 5 N–H and O–H groups in total. The van der Waals surface area contributed by atoms with E-state index in [9.17, 15) is 5.11 Å². The van der Waals surface area contributed by atoms with Gasteiger partial charge in [-0.25, -0.2) is 10.8 Å². The van der Waals surface area contributed by atoms with Gasteiger partial charge in [0.25, 0.3) is 0 Å². The monoisotopic (exact) mass is 307 g/mol. The van der Waals surface area contributed by atoms with Crippen molar-refractivity contribution >= 4 is 33.3 Å². The summed E-state index contributed by atoms with van der Waals surface area (Å²) in [7, 11) is 0. The highest BCUT2D eigenvalue weighted by Gasteiger charge is 2.29. The largest absolute Gasteiger partial charge is 0.388 e. The van der Waals surface area contributed by atoms with E-state index >= 15 is 0 Å². The number of anilines is 2. The standard InChI is InChI=1S/C14H21N5OS/c1-9-7-10-11(17-13(19-15)18-12(10)21-9)16-8-14(20)5-3-2-4-6-14/h7,20H,2-6,8,15H2,1H3,(H2,16,17,18,19). The van der Waals surface area contributed by atoms with Crippen molar-refractivity contribution in [2.24, 2.45) is 5.84 Å². The molecule has 2 aromatic rings. The van der Waals surface area contributed by atoms with Gasteiger partial charge in [-0.05, 0) is 25.8 Å². The first kappa shape index (κ1) is 14.5. The molecule has 114 valence electrons. The van der Waals surface area contributed by atoms with E-state index in [-0.39, 0.29) is 0 Å². The predicted octanol–water partition coefficient (Wildman–Crippen LogP) is 2.39. The molecule has 3 rings (SSSR count). The number of hydrogen-bond acceptors (Lipinski definition) is 7. The van der Waals surface area contributed by atoms with Gasteiger partial charge in [0.15, 0.2) is 0 Å². The lowest BCUT2D eigenvalue weighted by Gasteiger charge is -2.32. The minimum absolute atomic E-state index is 0.391. The second-order valence-electron chi connectivity index (χ2n) is 5.75. The molecule has 0 saturated heterocycles. The molecule has 1 fully saturated rings. The van der Waals surface area contributed by atoms with E-state index in [2.05, 4.69) is 26.8 Å². The number of aryl methyl sites for hydroxylation is 1. The summed E-state index contributed by atoms with van der Waals surface area (Å²) in [4.78, 5) is 10.8. The average molecular weight is 307 g/mol. The Kier molecular flexibility index (Phi) is 3.97. The maximum absolute atomic E-state index is 10.6. The van der Waals surface area contributed by atoms with Gasteiger partial charge in [0.1, 0.15) is 10.6 Å². The van der Waals surface area contributed by atoms with Crippen molar-refractivity contribution in [1.29, 1.82) is 0 Å². The SMILES string of the molecule is Cc1cc2c(NCC3(O)CCCCC3)nc(NN)nc2s1. The quantitative estimate of drug-likeness (QED) is 0.512. The second-order valence-corrected chi connectivity index (χ2v) is 6.99. The van der Waals surface area contributed by atoms with E-state index in [0.717, 1.165) is 41.7 Å². The van der Waals surface area contributed by atoms with Crippen LogP contribution in [0.1, 0.15) is 37.0 Å². The highest BCUT2D eigenvalue weighted by Crippen LogP contribution is 2.32. The molecule has 0 aliphatic heterocycles. The topological polar surface area (TPSA) is 96.1 Å². The smallest absolute Gasteiger partial charge is 0.240 e. The summed E-state index contributed by atoms with van der Waals surface area (Å²) < 4.78 is 0. The number of nitrogen functional groups attached to an aromatic ring is 1. The van der Waals surface area contributed by atoms with Crippen molar-refractivity contribution < 1.29 is 5.11 Å². The lowest BCUT2D eigenvalue weighted by molar-refractivity contribution is 0.0167. The fraction of sp³-hybridized carbons (Fsp3) is 0.571. The van der Waals surface area contributed by atoms with Crippen LogP contribution in [0.25, 0.3) is 10.2 Å². The molecule has 0 bridgehead atoms. The molecule has 2 aromatic heterocycles. The Balaban J connectivity index is 1.85. The number of fused-ring (bicyclic) bond motifs is 1. The van der Waals surface area contributed by atoms with Gasteiger partial charge < -0.3 is 10.4 Å². The van der Waals surface area contributed by atoms with E-state index in [1.54, 1.807) is 11.3 Å². The molecule has 0 unspecified atom stereocenters. The lowest BCUT2D eigenvalue weighted by atomic mass is 9.85. The number of aliphatic hydroxyl groups is 1. The first-order valence-electron chi connectivity index (χ1n) is 7.31. The molecule has 1 aliphatic carbocycles. The molecule has 2 heterocycles. The first-order chi connectivity index (χ1) is 10.1. The summed E-state index contributed by atoms with van der Waals surface area (Å²) in [6.07, 6.45) is 5.08. The van der Waals surface area contributed by atoms with Crippen LogP contribution in [0.15, 0.2) is 6.07 Å². The Hall–Kier alpha value is -1.44. The number of hydrogen-bond donors (Lipinski definition) is 4. The molecule has 0 aromatic carbocycles. The van der Waals surface area contributed by atoms with Crippen LogP contribution in [0.3, 0.4) is 0 Å². The molecular formula is C14H21N5OS. The lowest BCUT2D eigenvalue weighted by Crippen LogP contribution is -2.39. The van der Waals surface area contributed by atoms with Gasteiger partial charge in [-0.1, -0.05) is 19.3 Å². The molecule has 0 amide bonds. The maximum Gasteiger partial charge on any atom is 0.240 e. The van der Waals surface area contributed by atoms with E-state index in [1.165, 1.54) is 11.3 Å². The molecule has 0 atom stereocenters. The minimum atomic E-state index is -0.628. The van der Waals surface area contributed by atoms with Crippen LogP contribution in [0, 0.1) is 6.92 Å². The van der Waals surface area contributed by atoms with E-state index < -0.39 is 5.60 Å². The van der Waals surface area contributed by atoms with Crippen LogP contribution in [-0.4, -0.2) is 27.2 Å². The van der Waals surface area contributed by atoms with Crippen LogP contribution in [0.2, 0.25) is 0 Å². The highest BCUT2D eigenvalue weighted by molar-refractivity contribution is 7.18. The third kappa shape index (κ3) is 3.09.